The molecule has 2 bridgehead atoms. The smallest absolute Gasteiger partial charge is 0.253 e. The Morgan fingerprint density at radius 1 is 1.08 bits per heavy atom. The summed E-state index contributed by atoms with van der Waals surface area (Å²) in [4.78, 5) is 14.9. The van der Waals surface area contributed by atoms with E-state index in [1.54, 1.807) is 19.2 Å². The molecule has 2 unspecified atom stereocenters. The highest BCUT2D eigenvalue weighted by molar-refractivity contribution is 7.89. The fraction of sp³-hybridized carbons (Fsp3) is 0.632. The summed E-state index contributed by atoms with van der Waals surface area (Å²) < 4.78 is 26.4. The lowest BCUT2D eigenvalue weighted by atomic mass is 9.98. The van der Waals surface area contributed by atoms with Crippen molar-refractivity contribution in [3.05, 3.63) is 29.8 Å². The van der Waals surface area contributed by atoms with Gasteiger partial charge in [-0.15, -0.1) is 0 Å². The van der Waals surface area contributed by atoms with E-state index in [1.807, 2.05) is 25.8 Å². The minimum absolute atomic E-state index is 0.0440. The molecule has 7 heteroatoms. The molecule has 1 aromatic rings. The van der Waals surface area contributed by atoms with Crippen molar-refractivity contribution in [2.24, 2.45) is 0 Å². The highest BCUT2D eigenvalue weighted by Crippen LogP contribution is 2.30. The Kier molecular flexibility index (Phi) is 5.42. The molecule has 0 saturated carbocycles. The van der Waals surface area contributed by atoms with Gasteiger partial charge in [0.25, 0.3) is 5.91 Å². The maximum Gasteiger partial charge on any atom is 0.253 e. The Hall–Kier alpha value is -1.44. The molecule has 0 aliphatic carbocycles. The first-order chi connectivity index (χ1) is 12.2. The average molecular weight is 380 g/mol. The lowest BCUT2D eigenvalue weighted by molar-refractivity contribution is 0.0681. The number of hydrogen-bond acceptors (Lipinski definition) is 4. The fourth-order valence-corrected chi connectivity index (χ4v) is 5.29. The molecule has 2 saturated heterocycles. The topological polar surface area (TPSA) is 69.7 Å². The van der Waals surface area contributed by atoms with E-state index >= 15 is 0 Å². The molecule has 0 aromatic heterocycles. The van der Waals surface area contributed by atoms with Gasteiger partial charge in [-0.25, -0.2) is 8.42 Å². The zero-order valence-electron chi connectivity index (χ0n) is 16.0. The van der Waals surface area contributed by atoms with Crippen LogP contribution in [-0.2, 0) is 10.0 Å². The Morgan fingerprint density at radius 2 is 1.62 bits per heavy atom. The van der Waals surface area contributed by atoms with Crippen LogP contribution in [0.15, 0.2) is 29.2 Å². The number of fused-ring (bicyclic) bond motifs is 2. The van der Waals surface area contributed by atoms with Crippen molar-refractivity contribution < 1.29 is 13.2 Å². The molecule has 26 heavy (non-hydrogen) atoms. The summed E-state index contributed by atoms with van der Waals surface area (Å²) in [6, 6.07) is 7.47. The van der Waals surface area contributed by atoms with Gasteiger partial charge in [-0.3, -0.25) is 4.79 Å². The lowest BCUT2D eigenvalue weighted by Crippen LogP contribution is -2.48. The molecule has 2 aliphatic rings. The average Bonchev–Trinajstić information content (AvgIpc) is 2.97. The van der Waals surface area contributed by atoms with Crippen LogP contribution in [0, 0.1) is 0 Å². The zero-order valence-corrected chi connectivity index (χ0v) is 16.8. The maximum atomic E-state index is 12.8. The summed E-state index contributed by atoms with van der Waals surface area (Å²) in [6.45, 7) is 3.66. The molecule has 2 heterocycles. The summed E-state index contributed by atoms with van der Waals surface area (Å²) in [7, 11) is -0.104. The second-order valence-corrected chi connectivity index (χ2v) is 9.82. The Bertz CT molecular complexity index is 749. The number of benzene rings is 1. The molecule has 144 valence electrons. The normalized spacial score (nSPS) is 25.7. The molecule has 3 rings (SSSR count). The van der Waals surface area contributed by atoms with Gasteiger partial charge in [-0.2, -0.15) is 4.31 Å². The number of nitrogens with zero attached hydrogens (tertiary/aromatic N) is 2. The van der Waals surface area contributed by atoms with Gasteiger partial charge in [0, 0.05) is 43.8 Å². The largest absolute Gasteiger partial charge is 0.339 e. The van der Waals surface area contributed by atoms with Gasteiger partial charge in [0.15, 0.2) is 0 Å². The van der Waals surface area contributed by atoms with E-state index in [-0.39, 0.29) is 22.9 Å². The van der Waals surface area contributed by atoms with Crippen molar-refractivity contribution in [3.63, 3.8) is 0 Å². The van der Waals surface area contributed by atoms with Gasteiger partial charge in [0.2, 0.25) is 10.0 Å². The third kappa shape index (κ3) is 3.66. The van der Waals surface area contributed by atoms with Gasteiger partial charge in [-0.05, 0) is 63.8 Å². The van der Waals surface area contributed by atoms with E-state index in [2.05, 4.69) is 5.32 Å². The molecule has 1 aromatic carbocycles. The van der Waals surface area contributed by atoms with Gasteiger partial charge < -0.3 is 10.2 Å². The van der Waals surface area contributed by atoms with Crippen molar-refractivity contribution in [1.29, 1.82) is 0 Å². The Balaban J connectivity index is 1.73. The van der Waals surface area contributed by atoms with Crippen LogP contribution < -0.4 is 5.32 Å². The summed E-state index contributed by atoms with van der Waals surface area (Å²) in [5.74, 6) is -0.0440. The number of rotatable bonds is 5. The van der Waals surface area contributed by atoms with Crippen LogP contribution >= 0.6 is 0 Å². The van der Waals surface area contributed by atoms with Crippen LogP contribution in [0.4, 0.5) is 0 Å². The van der Waals surface area contributed by atoms with Gasteiger partial charge in [0.1, 0.15) is 0 Å². The second kappa shape index (κ2) is 7.29. The molecule has 1 N–H and O–H groups in total. The standard InChI is InChI=1S/C19H29N3O3S/c1-13(2)22(4)26(24,25)18-9-5-14(6-10-18)19(23)21(3)17-11-15-7-8-16(12-17)20-15/h5-6,9-10,13,15-17,20H,7-8,11-12H2,1-4H3. The SMILES string of the molecule is CC(C)N(C)S(=O)(=O)c1ccc(C(=O)N(C)C2CC3CCC(C2)N3)cc1. The molecule has 2 fully saturated rings. The third-order valence-corrected chi connectivity index (χ3v) is 7.87. The Morgan fingerprint density at radius 3 is 2.12 bits per heavy atom. The lowest BCUT2D eigenvalue weighted by Gasteiger charge is -2.35. The zero-order chi connectivity index (χ0) is 19.1. The molecular weight excluding hydrogens is 350 g/mol. The molecule has 2 aliphatic heterocycles. The first kappa shape index (κ1) is 19.3. The molecule has 0 spiro atoms. The van der Waals surface area contributed by atoms with E-state index in [9.17, 15) is 13.2 Å². The molecule has 1 amide bonds. The summed E-state index contributed by atoms with van der Waals surface area (Å²) in [5.41, 5.74) is 0.532. The second-order valence-electron chi connectivity index (χ2n) is 7.82. The van der Waals surface area contributed by atoms with Gasteiger partial charge in [-0.1, -0.05) is 0 Å². The van der Waals surface area contributed by atoms with E-state index in [0.717, 1.165) is 12.8 Å². The van der Waals surface area contributed by atoms with Crippen molar-refractivity contribution in [2.45, 2.75) is 68.6 Å². The first-order valence-electron chi connectivity index (χ1n) is 9.31. The van der Waals surface area contributed by atoms with E-state index in [1.165, 1.54) is 29.3 Å². The monoisotopic (exact) mass is 379 g/mol. The predicted octanol–water partition coefficient (Wildman–Crippen LogP) is 2.07. The summed E-state index contributed by atoms with van der Waals surface area (Å²) in [5, 5.41) is 3.59. The maximum absolute atomic E-state index is 12.8. The van der Waals surface area contributed by atoms with E-state index in [0.29, 0.717) is 17.6 Å². The number of hydrogen-bond donors (Lipinski definition) is 1. The minimum atomic E-state index is -3.53. The van der Waals surface area contributed by atoms with Crippen LogP contribution in [0.25, 0.3) is 0 Å². The number of carbonyl (C=O) groups is 1. The van der Waals surface area contributed by atoms with Crippen molar-refractivity contribution >= 4 is 15.9 Å². The number of sulfonamides is 1. The predicted molar refractivity (Wildman–Crippen MR) is 102 cm³/mol. The molecule has 6 nitrogen and oxygen atoms in total. The molecule has 2 atom stereocenters. The summed E-state index contributed by atoms with van der Waals surface area (Å²) >= 11 is 0. The Labute approximate surface area is 156 Å². The van der Waals surface area contributed by atoms with Crippen molar-refractivity contribution in [3.8, 4) is 0 Å². The summed E-state index contributed by atoms with van der Waals surface area (Å²) in [6.07, 6.45) is 4.37. The van der Waals surface area contributed by atoms with E-state index < -0.39 is 10.0 Å². The highest BCUT2D eigenvalue weighted by Gasteiger charge is 2.36. The minimum Gasteiger partial charge on any atom is -0.339 e. The number of amides is 1. The number of piperidine rings is 1. The molecular formula is C19H29N3O3S. The third-order valence-electron chi connectivity index (χ3n) is 5.82. The van der Waals surface area contributed by atoms with Crippen LogP contribution in [-0.4, -0.2) is 61.8 Å². The fourth-order valence-electron chi connectivity index (χ4n) is 3.93. The quantitative estimate of drug-likeness (QED) is 0.850. The van der Waals surface area contributed by atoms with Crippen LogP contribution in [0.3, 0.4) is 0 Å². The first-order valence-corrected chi connectivity index (χ1v) is 10.8. The van der Waals surface area contributed by atoms with E-state index in [4.69, 9.17) is 0 Å². The van der Waals surface area contributed by atoms with Gasteiger partial charge in [0.05, 0.1) is 4.90 Å². The number of nitrogens with one attached hydrogen (secondary N) is 1. The van der Waals surface area contributed by atoms with Crippen LogP contribution in [0.5, 0.6) is 0 Å². The van der Waals surface area contributed by atoms with Crippen molar-refractivity contribution in [1.82, 2.24) is 14.5 Å². The van der Waals surface area contributed by atoms with Crippen LogP contribution in [0.2, 0.25) is 0 Å². The van der Waals surface area contributed by atoms with Gasteiger partial charge >= 0.3 is 0 Å². The van der Waals surface area contributed by atoms with Crippen molar-refractivity contribution in [2.75, 3.05) is 14.1 Å². The van der Waals surface area contributed by atoms with Crippen LogP contribution in [0.1, 0.15) is 49.9 Å². The molecule has 0 radical (unpaired) electrons. The highest BCUT2D eigenvalue weighted by atomic mass is 32.2. The number of carbonyl (C=O) groups excluding carboxylic acids is 1.